The van der Waals surface area contributed by atoms with Gasteiger partial charge in [0.1, 0.15) is 5.70 Å². The lowest BCUT2D eigenvalue weighted by Gasteiger charge is -2.25. The molecule has 2 rings (SSSR count). The van der Waals surface area contributed by atoms with Crippen molar-refractivity contribution in [3.05, 3.63) is 39.5 Å². The molecule has 154 valence electrons. The van der Waals surface area contributed by atoms with E-state index < -0.39 is 11.8 Å². The second-order valence-electron chi connectivity index (χ2n) is 6.08. The number of imide groups is 1. The largest absolute Gasteiger partial charge is 0.383 e. The van der Waals surface area contributed by atoms with Crippen LogP contribution in [0, 0.1) is 0 Å². The van der Waals surface area contributed by atoms with Gasteiger partial charge in [0.2, 0.25) is 0 Å². The van der Waals surface area contributed by atoms with E-state index in [1.54, 1.807) is 37.3 Å². The van der Waals surface area contributed by atoms with E-state index in [-0.39, 0.29) is 24.4 Å². The maximum atomic E-state index is 13.2. The van der Waals surface area contributed by atoms with E-state index in [4.69, 9.17) is 37.4 Å². The summed E-state index contributed by atoms with van der Waals surface area (Å²) in [5, 5.41) is 0.743. The topological polar surface area (TPSA) is 68.3 Å². The summed E-state index contributed by atoms with van der Waals surface area (Å²) in [4.78, 5) is 29.2. The SMILES string of the molecule is COCCN(CCOC)C1=C(c2ccc(Cl)cc2Cl)C(=O)N(CCOC)C1=O. The minimum atomic E-state index is -0.416. The molecule has 1 aliphatic rings. The van der Waals surface area contributed by atoms with Gasteiger partial charge in [0.15, 0.2) is 0 Å². The Morgan fingerprint density at radius 3 is 2.07 bits per heavy atom. The zero-order chi connectivity index (χ0) is 20.7. The Morgan fingerprint density at radius 2 is 1.54 bits per heavy atom. The molecule has 1 aromatic carbocycles. The van der Waals surface area contributed by atoms with Gasteiger partial charge in [0.05, 0.1) is 37.0 Å². The lowest BCUT2D eigenvalue weighted by Crippen LogP contribution is -2.39. The molecule has 0 aromatic heterocycles. The summed E-state index contributed by atoms with van der Waals surface area (Å²) < 4.78 is 15.4. The molecule has 0 atom stereocenters. The number of halogens is 2. The number of rotatable bonds is 11. The molecule has 0 saturated heterocycles. The maximum absolute atomic E-state index is 13.2. The number of hydrogen-bond donors (Lipinski definition) is 0. The van der Waals surface area contributed by atoms with E-state index in [0.29, 0.717) is 41.9 Å². The van der Waals surface area contributed by atoms with Crippen LogP contribution in [0.5, 0.6) is 0 Å². The molecular formula is C19H24Cl2N2O5. The zero-order valence-electron chi connectivity index (χ0n) is 16.2. The second-order valence-corrected chi connectivity index (χ2v) is 6.92. The summed E-state index contributed by atoms with van der Waals surface area (Å²) in [7, 11) is 4.67. The first-order chi connectivity index (χ1) is 13.5. The van der Waals surface area contributed by atoms with Crippen LogP contribution in [0.1, 0.15) is 5.56 Å². The van der Waals surface area contributed by atoms with E-state index in [1.807, 2.05) is 0 Å². The Morgan fingerprint density at radius 1 is 0.929 bits per heavy atom. The number of methoxy groups -OCH3 is 3. The minimum Gasteiger partial charge on any atom is -0.383 e. The molecule has 0 aliphatic carbocycles. The van der Waals surface area contributed by atoms with Gasteiger partial charge >= 0.3 is 0 Å². The Hall–Kier alpha value is -1.64. The van der Waals surface area contributed by atoms with Crippen molar-refractivity contribution in [2.75, 3.05) is 60.8 Å². The Kier molecular flexibility index (Phi) is 8.72. The van der Waals surface area contributed by atoms with E-state index in [9.17, 15) is 9.59 Å². The third-order valence-corrected chi connectivity index (χ3v) is 4.86. The molecule has 9 heteroatoms. The van der Waals surface area contributed by atoms with Crippen molar-refractivity contribution < 1.29 is 23.8 Å². The van der Waals surface area contributed by atoms with E-state index >= 15 is 0 Å². The highest BCUT2D eigenvalue weighted by atomic mass is 35.5. The first kappa shape index (κ1) is 22.6. The molecule has 1 aliphatic heterocycles. The van der Waals surface area contributed by atoms with E-state index in [1.165, 1.54) is 12.0 Å². The summed E-state index contributed by atoms with van der Waals surface area (Å²) in [5.41, 5.74) is 0.980. The van der Waals surface area contributed by atoms with Crippen LogP contribution in [0.3, 0.4) is 0 Å². The molecule has 1 heterocycles. The van der Waals surface area contributed by atoms with Gasteiger partial charge in [0.25, 0.3) is 11.8 Å². The molecule has 2 amide bonds. The van der Waals surface area contributed by atoms with Gasteiger partial charge in [0, 0.05) is 45.0 Å². The highest BCUT2D eigenvalue weighted by Crippen LogP contribution is 2.36. The zero-order valence-corrected chi connectivity index (χ0v) is 17.7. The molecule has 0 saturated carbocycles. The van der Waals surface area contributed by atoms with Gasteiger partial charge in [-0.2, -0.15) is 0 Å². The summed E-state index contributed by atoms with van der Waals surface area (Å²) in [6.07, 6.45) is 0. The average Bonchev–Trinajstić information content (AvgIpc) is 2.91. The van der Waals surface area contributed by atoms with Crippen LogP contribution >= 0.6 is 23.2 Å². The lowest BCUT2D eigenvalue weighted by atomic mass is 10.0. The highest BCUT2D eigenvalue weighted by Gasteiger charge is 2.41. The number of carbonyl (C=O) groups is 2. The van der Waals surface area contributed by atoms with Gasteiger partial charge in [-0.3, -0.25) is 14.5 Å². The van der Waals surface area contributed by atoms with Crippen molar-refractivity contribution in [1.29, 1.82) is 0 Å². The first-order valence-electron chi connectivity index (χ1n) is 8.73. The van der Waals surface area contributed by atoms with Crippen LogP contribution in [-0.4, -0.2) is 82.4 Å². The number of benzene rings is 1. The summed E-state index contributed by atoms with van der Waals surface area (Å²) in [6, 6.07) is 4.83. The Bertz CT molecular complexity index is 746. The predicted octanol–water partition coefficient (Wildman–Crippen LogP) is 2.31. The monoisotopic (exact) mass is 430 g/mol. The van der Waals surface area contributed by atoms with Crippen molar-refractivity contribution in [2.24, 2.45) is 0 Å². The molecule has 0 radical (unpaired) electrons. The number of ether oxygens (including phenoxy) is 3. The van der Waals surface area contributed by atoms with Crippen molar-refractivity contribution in [1.82, 2.24) is 9.80 Å². The Balaban J connectivity index is 2.56. The van der Waals surface area contributed by atoms with Crippen LogP contribution in [0.4, 0.5) is 0 Å². The van der Waals surface area contributed by atoms with E-state index in [2.05, 4.69) is 0 Å². The summed E-state index contributed by atoms with van der Waals surface area (Å²) >= 11 is 12.4. The first-order valence-corrected chi connectivity index (χ1v) is 9.49. The maximum Gasteiger partial charge on any atom is 0.277 e. The number of nitrogens with zero attached hydrogens (tertiary/aromatic N) is 2. The fourth-order valence-electron chi connectivity index (χ4n) is 2.92. The third kappa shape index (κ3) is 5.04. The van der Waals surface area contributed by atoms with Gasteiger partial charge in [-0.1, -0.05) is 29.3 Å². The van der Waals surface area contributed by atoms with Gasteiger partial charge in [-0.25, -0.2) is 0 Å². The number of amides is 2. The summed E-state index contributed by atoms with van der Waals surface area (Å²) in [6.45, 7) is 1.99. The molecule has 0 bridgehead atoms. The predicted molar refractivity (Wildman–Crippen MR) is 107 cm³/mol. The quantitative estimate of drug-likeness (QED) is 0.501. The van der Waals surface area contributed by atoms with Gasteiger partial charge < -0.3 is 19.1 Å². The molecule has 0 unspecified atom stereocenters. The van der Waals surface area contributed by atoms with Crippen molar-refractivity contribution >= 4 is 40.6 Å². The Labute approximate surface area is 174 Å². The van der Waals surface area contributed by atoms with Crippen molar-refractivity contribution in [3.8, 4) is 0 Å². The van der Waals surface area contributed by atoms with Crippen molar-refractivity contribution in [3.63, 3.8) is 0 Å². The van der Waals surface area contributed by atoms with Crippen molar-refractivity contribution in [2.45, 2.75) is 0 Å². The molecule has 28 heavy (non-hydrogen) atoms. The van der Waals surface area contributed by atoms with Crippen LogP contribution in [-0.2, 0) is 23.8 Å². The van der Waals surface area contributed by atoms with Crippen LogP contribution in [0.2, 0.25) is 10.0 Å². The third-order valence-electron chi connectivity index (χ3n) is 4.31. The fraction of sp³-hybridized carbons (Fsp3) is 0.474. The fourth-order valence-corrected chi connectivity index (χ4v) is 3.42. The number of hydrogen-bond acceptors (Lipinski definition) is 6. The molecule has 0 N–H and O–H groups in total. The van der Waals surface area contributed by atoms with Gasteiger partial charge in [-0.15, -0.1) is 0 Å². The molecular weight excluding hydrogens is 407 g/mol. The van der Waals surface area contributed by atoms with Crippen LogP contribution in [0.25, 0.3) is 5.57 Å². The molecule has 1 aromatic rings. The summed E-state index contributed by atoms with van der Waals surface area (Å²) in [5.74, 6) is -0.809. The second kappa shape index (κ2) is 10.8. The molecule has 0 spiro atoms. The standard InChI is InChI=1S/C19H24Cl2N2O5/c1-26-9-6-22(7-10-27-2)17-16(14-5-4-13(20)12-15(14)21)18(24)23(19(17)25)8-11-28-3/h4-5,12H,6-11H2,1-3H3. The van der Waals surface area contributed by atoms with Crippen LogP contribution < -0.4 is 0 Å². The van der Waals surface area contributed by atoms with Gasteiger partial charge in [-0.05, 0) is 12.1 Å². The smallest absolute Gasteiger partial charge is 0.277 e. The highest BCUT2D eigenvalue weighted by molar-refractivity contribution is 6.41. The average molecular weight is 431 g/mol. The lowest BCUT2D eigenvalue weighted by molar-refractivity contribution is -0.138. The minimum absolute atomic E-state index is 0.148. The molecule has 7 nitrogen and oxygen atoms in total. The number of carbonyl (C=O) groups excluding carboxylic acids is 2. The normalized spacial score (nSPS) is 14.4. The van der Waals surface area contributed by atoms with Crippen LogP contribution in [0.15, 0.2) is 23.9 Å². The van der Waals surface area contributed by atoms with E-state index in [0.717, 1.165) is 0 Å². The molecule has 0 fully saturated rings.